The number of halogens is 1. The van der Waals surface area contributed by atoms with Gasteiger partial charge in [-0.15, -0.1) is 0 Å². The highest BCUT2D eigenvalue weighted by atomic mass is 19.1. The summed E-state index contributed by atoms with van der Waals surface area (Å²) in [5.41, 5.74) is -4.46. The number of cyclic esters (lactones) is 1. The number of aliphatic imine (C=N–C) groups is 1. The number of alkyl halides is 1. The van der Waals surface area contributed by atoms with Gasteiger partial charge in [0.15, 0.2) is 11.4 Å². The smallest absolute Gasteiger partial charge is 0.410 e. The highest BCUT2D eigenvalue weighted by molar-refractivity contribution is 6.08. The number of methoxy groups -OCH3 is 1. The highest BCUT2D eigenvalue weighted by Gasteiger charge is 2.62. The molecule has 4 aliphatic rings. The third-order valence-corrected chi connectivity index (χ3v) is 12.6. The Kier molecular flexibility index (Phi) is 12.3. The van der Waals surface area contributed by atoms with Gasteiger partial charge in [-0.2, -0.15) is 0 Å². The van der Waals surface area contributed by atoms with Crippen LogP contribution in [0.3, 0.4) is 0 Å². The Bertz CT molecular complexity index is 1590. The fourth-order valence-electron chi connectivity index (χ4n) is 9.68. The molecule has 1 amide bonds. The minimum Gasteiger partial charge on any atom is -0.455 e. The summed E-state index contributed by atoms with van der Waals surface area (Å²) in [5.74, 6) is -4.59. The van der Waals surface area contributed by atoms with E-state index in [2.05, 4.69) is 6.92 Å². The zero-order chi connectivity index (χ0) is 39.9. The van der Waals surface area contributed by atoms with Gasteiger partial charge in [-0.1, -0.05) is 52.8 Å². The molecule has 13 heteroatoms. The molecule has 54 heavy (non-hydrogen) atoms. The SMILES string of the molecule is CC[C@H]1OC(=O)C(C)(F)C(=O)[C@H](C)[C@@H](O[C@@H]2C[C@H](C)C[C@H](N(C)C)[C@H]2OC(=O)c2ccccc2)[C@@](C)(OC)C[C@@H](C)C2=NCCN3C(=O)O[C@]1(C)[C@H]3[C@H]2C. The van der Waals surface area contributed by atoms with Crippen LogP contribution < -0.4 is 0 Å². The number of fused-ring (bicyclic) bond motifs is 1. The van der Waals surface area contributed by atoms with E-state index in [1.54, 1.807) is 49.9 Å². The molecule has 12 nitrogen and oxygen atoms in total. The molecule has 0 aromatic heterocycles. The van der Waals surface area contributed by atoms with E-state index in [-0.39, 0.29) is 30.2 Å². The van der Waals surface area contributed by atoms with Crippen LogP contribution in [0, 0.1) is 23.7 Å². The van der Waals surface area contributed by atoms with Crippen molar-refractivity contribution in [3.05, 3.63) is 35.9 Å². The van der Waals surface area contributed by atoms with Crippen LogP contribution >= 0.6 is 0 Å². The summed E-state index contributed by atoms with van der Waals surface area (Å²) in [6.07, 6.45) is -2.46. The molecule has 3 heterocycles. The maximum absolute atomic E-state index is 16.9. The number of hydrogen-bond acceptors (Lipinski definition) is 11. The Labute approximate surface area is 319 Å². The van der Waals surface area contributed by atoms with Crippen molar-refractivity contribution in [1.82, 2.24) is 9.80 Å². The number of ether oxygens (including phenoxy) is 5. The molecule has 2 bridgehead atoms. The number of carbonyl (C=O) groups excluding carboxylic acids is 4. The largest absolute Gasteiger partial charge is 0.455 e. The van der Waals surface area contributed by atoms with Gasteiger partial charge in [0, 0.05) is 37.2 Å². The van der Waals surface area contributed by atoms with Crippen molar-refractivity contribution in [1.29, 1.82) is 0 Å². The van der Waals surface area contributed by atoms with E-state index < -0.39 is 77.1 Å². The molecule has 0 radical (unpaired) electrons. The topological polar surface area (TPSA) is 133 Å². The molecular formula is C41H60FN3O9. The number of amides is 1. The summed E-state index contributed by atoms with van der Waals surface area (Å²) in [6, 6.07) is 7.91. The second-order valence-electron chi connectivity index (χ2n) is 16.8. The van der Waals surface area contributed by atoms with Gasteiger partial charge in [-0.3, -0.25) is 14.7 Å². The number of Topliss-reactive ketones (excluding diaryl/α,β-unsaturated/α-hetero) is 1. The molecule has 1 aromatic rings. The van der Waals surface area contributed by atoms with Gasteiger partial charge in [0.25, 0.3) is 5.67 Å². The molecule has 13 atom stereocenters. The molecule has 1 aromatic carbocycles. The first-order valence-electron chi connectivity index (χ1n) is 19.4. The van der Waals surface area contributed by atoms with Crippen LogP contribution in [-0.2, 0) is 33.3 Å². The zero-order valence-corrected chi connectivity index (χ0v) is 33.8. The quantitative estimate of drug-likeness (QED) is 0.194. The minimum atomic E-state index is -3.09. The zero-order valence-electron chi connectivity index (χ0n) is 33.8. The number of rotatable bonds is 7. The molecule has 2 saturated heterocycles. The van der Waals surface area contributed by atoms with Crippen molar-refractivity contribution in [2.24, 2.45) is 28.7 Å². The Morgan fingerprint density at radius 2 is 1.70 bits per heavy atom. The van der Waals surface area contributed by atoms with Gasteiger partial charge in [-0.25, -0.2) is 18.8 Å². The van der Waals surface area contributed by atoms with E-state index >= 15 is 4.39 Å². The third kappa shape index (κ3) is 7.69. The maximum Gasteiger partial charge on any atom is 0.410 e. The number of ketones is 1. The molecular weight excluding hydrogens is 697 g/mol. The molecule has 1 unspecified atom stereocenters. The van der Waals surface area contributed by atoms with E-state index in [4.69, 9.17) is 28.7 Å². The fourth-order valence-corrected chi connectivity index (χ4v) is 9.68. The standard InChI is InChI=1S/C41H60FN3O9/c1-12-30-41(8)33-25(4)31(43-18-19-45(33)38(49)54-41)24(3)22-39(6,50-11)35(26(5)34(46)40(7,42)37(48)52-30)51-29-21-23(2)20-28(44(9)10)32(29)53-36(47)27-16-14-13-15-17-27/h13-17,23-26,28-30,32-33,35H,12,18-22H2,1-11H3/t23-,24-,25+,26+,28+,29-,30-,32-,33-,35-,39+,40?,41+/m1/s1. The van der Waals surface area contributed by atoms with Crippen LogP contribution in [0.4, 0.5) is 9.18 Å². The van der Waals surface area contributed by atoms with E-state index in [1.807, 2.05) is 45.8 Å². The van der Waals surface area contributed by atoms with Crippen molar-refractivity contribution in [3.8, 4) is 0 Å². The second-order valence-corrected chi connectivity index (χ2v) is 16.8. The van der Waals surface area contributed by atoms with Crippen LogP contribution in [0.1, 0.15) is 91.4 Å². The van der Waals surface area contributed by atoms with Crippen LogP contribution in [0.2, 0.25) is 0 Å². The Balaban J connectivity index is 1.61. The molecule has 1 saturated carbocycles. The normalized spacial score (nSPS) is 40.6. The molecule has 3 fully saturated rings. The summed E-state index contributed by atoms with van der Waals surface area (Å²) in [4.78, 5) is 63.9. The van der Waals surface area contributed by atoms with E-state index in [9.17, 15) is 19.2 Å². The maximum atomic E-state index is 16.9. The van der Waals surface area contributed by atoms with Crippen LogP contribution in [0.15, 0.2) is 35.3 Å². The number of benzene rings is 1. The number of carbonyl (C=O) groups is 4. The van der Waals surface area contributed by atoms with Gasteiger partial charge < -0.3 is 28.6 Å². The number of likely N-dealkylation sites (N-methyl/N-ethyl adjacent to an activating group) is 1. The first kappa shape index (κ1) is 41.7. The Morgan fingerprint density at radius 1 is 1.04 bits per heavy atom. The lowest BCUT2D eigenvalue weighted by molar-refractivity contribution is -0.207. The molecule has 3 aliphatic heterocycles. The Morgan fingerprint density at radius 3 is 2.31 bits per heavy atom. The van der Waals surface area contributed by atoms with Gasteiger partial charge in [0.2, 0.25) is 0 Å². The van der Waals surface area contributed by atoms with Gasteiger partial charge in [0.1, 0.15) is 12.2 Å². The average molecular weight is 758 g/mol. The first-order chi connectivity index (χ1) is 25.3. The number of esters is 2. The van der Waals surface area contributed by atoms with E-state index in [1.165, 1.54) is 7.11 Å². The third-order valence-electron chi connectivity index (χ3n) is 12.6. The monoisotopic (exact) mass is 757 g/mol. The van der Waals surface area contributed by atoms with Crippen molar-refractivity contribution >= 4 is 29.5 Å². The van der Waals surface area contributed by atoms with Gasteiger partial charge in [0.05, 0.1) is 36.0 Å². The molecule has 0 N–H and O–H groups in total. The minimum absolute atomic E-state index is 0.147. The lowest BCUT2D eigenvalue weighted by Crippen LogP contribution is -2.61. The van der Waals surface area contributed by atoms with Gasteiger partial charge in [-0.05, 0) is 84.5 Å². The molecule has 0 spiro atoms. The predicted octanol–water partition coefficient (Wildman–Crippen LogP) is 5.70. The van der Waals surface area contributed by atoms with Crippen molar-refractivity contribution in [2.75, 3.05) is 34.3 Å². The van der Waals surface area contributed by atoms with Crippen molar-refractivity contribution in [3.63, 3.8) is 0 Å². The van der Waals surface area contributed by atoms with E-state index in [0.29, 0.717) is 31.5 Å². The highest BCUT2D eigenvalue weighted by Crippen LogP contribution is 2.45. The summed E-state index contributed by atoms with van der Waals surface area (Å²) in [5, 5.41) is 0. The summed E-state index contributed by atoms with van der Waals surface area (Å²) < 4.78 is 48.5. The summed E-state index contributed by atoms with van der Waals surface area (Å²) in [7, 11) is 5.37. The first-order valence-corrected chi connectivity index (χ1v) is 19.4. The van der Waals surface area contributed by atoms with Crippen molar-refractivity contribution in [2.45, 2.75) is 134 Å². The van der Waals surface area contributed by atoms with Gasteiger partial charge >= 0.3 is 18.0 Å². The molecule has 1 aliphatic carbocycles. The average Bonchev–Trinajstić information content (AvgIpc) is 3.25. The van der Waals surface area contributed by atoms with E-state index in [0.717, 1.165) is 19.1 Å². The number of nitrogens with zero attached hydrogens (tertiary/aromatic N) is 3. The Hall–Kier alpha value is -3.42. The molecule has 300 valence electrons. The number of hydrogen-bond donors (Lipinski definition) is 0. The predicted molar refractivity (Wildman–Crippen MR) is 200 cm³/mol. The second kappa shape index (κ2) is 16.0. The summed E-state index contributed by atoms with van der Waals surface area (Å²) >= 11 is 0. The lowest BCUT2D eigenvalue weighted by Gasteiger charge is -2.48. The van der Waals surface area contributed by atoms with Crippen LogP contribution in [0.25, 0.3) is 0 Å². The fraction of sp³-hybridized carbons (Fsp3) is 0.732. The van der Waals surface area contributed by atoms with Crippen LogP contribution in [-0.4, -0.2) is 127 Å². The van der Waals surface area contributed by atoms with Crippen LogP contribution in [0.5, 0.6) is 0 Å². The summed E-state index contributed by atoms with van der Waals surface area (Å²) in [6.45, 7) is 14.5. The molecule has 5 rings (SSSR count). The lowest BCUT2D eigenvalue weighted by atomic mass is 9.72. The van der Waals surface area contributed by atoms with Crippen molar-refractivity contribution < 1.29 is 47.3 Å².